The second-order valence-corrected chi connectivity index (χ2v) is 5.68. The summed E-state index contributed by atoms with van der Waals surface area (Å²) >= 11 is 5.87. The standard InChI is InChI=1S/C15H18ClN3O/c16-12-5-3-11(4-6-12)10-14-18-15(20-19-14)8-7-13-2-1-9-17-13/h3-6,13,17H,1-2,7-10H2. The van der Waals surface area contributed by atoms with E-state index >= 15 is 0 Å². The van der Waals surface area contributed by atoms with Gasteiger partial charge in [-0.3, -0.25) is 0 Å². The number of rotatable bonds is 5. The molecule has 5 heteroatoms. The molecule has 1 aliphatic rings. The third kappa shape index (κ3) is 3.58. The number of hydrogen-bond donors (Lipinski definition) is 1. The van der Waals surface area contributed by atoms with Gasteiger partial charge >= 0.3 is 0 Å². The Kier molecular flexibility index (Phi) is 4.33. The van der Waals surface area contributed by atoms with Gasteiger partial charge in [0, 0.05) is 23.9 Å². The molecule has 4 nitrogen and oxygen atoms in total. The molecule has 0 spiro atoms. The van der Waals surface area contributed by atoms with Crippen LogP contribution in [0, 0.1) is 0 Å². The van der Waals surface area contributed by atoms with E-state index in [1.807, 2.05) is 24.3 Å². The molecule has 1 aromatic heterocycles. The highest BCUT2D eigenvalue weighted by Crippen LogP contribution is 2.14. The predicted octanol–water partition coefficient (Wildman–Crippen LogP) is 3.00. The summed E-state index contributed by atoms with van der Waals surface area (Å²) < 4.78 is 5.31. The van der Waals surface area contributed by atoms with E-state index in [0.29, 0.717) is 12.5 Å². The van der Waals surface area contributed by atoms with Gasteiger partial charge in [0.15, 0.2) is 5.82 Å². The summed E-state index contributed by atoms with van der Waals surface area (Å²) in [6.45, 7) is 1.14. The highest BCUT2D eigenvalue weighted by molar-refractivity contribution is 6.30. The number of benzene rings is 1. The molecule has 1 N–H and O–H groups in total. The average molecular weight is 292 g/mol. The van der Waals surface area contributed by atoms with E-state index in [1.54, 1.807) is 0 Å². The molecule has 0 saturated carbocycles. The number of halogens is 1. The van der Waals surface area contributed by atoms with E-state index in [0.717, 1.165) is 41.7 Å². The average Bonchev–Trinajstić information content (AvgIpc) is 3.10. The molecule has 1 unspecified atom stereocenters. The smallest absolute Gasteiger partial charge is 0.226 e. The van der Waals surface area contributed by atoms with Crippen molar-refractivity contribution >= 4 is 11.6 Å². The SMILES string of the molecule is Clc1ccc(Cc2noc(CCC3CCCN3)n2)cc1. The molecule has 1 fully saturated rings. The third-order valence-corrected chi connectivity index (χ3v) is 3.91. The first-order valence-electron chi connectivity index (χ1n) is 7.09. The van der Waals surface area contributed by atoms with Gasteiger partial charge in [0.2, 0.25) is 5.89 Å². The van der Waals surface area contributed by atoms with Crippen LogP contribution in [0.1, 0.15) is 36.5 Å². The van der Waals surface area contributed by atoms with Gasteiger partial charge in [-0.25, -0.2) is 0 Å². The van der Waals surface area contributed by atoms with Crippen LogP contribution in [0.3, 0.4) is 0 Å². The van der Waals surface area contributed by atoms with Crippen LogP contribution in [0.25, 0.3) is 0 Å². The molecule has 1 atom stereocenters. The van der Waals surface area contributed by atoms with Crippen LogP contribution in [-0.2, 0) is 12.8 Å². The van der Waals surface area contributed by atoms with Crippen molar-refractivity contribution in [2.75, 3.05) is 6.54 Å². The number of hydrogen-bond acceptors (Lipinski definition) is 4. The Morgan fingerprint density at radius 1 is 1.30 bits per heavy atom. The molecule has 2 aromatic rings. The van der Waals surface area contributed by atoms with Gasteiger partial charge in [-0.2, -0.15) is 4.98 Å². The Morgan fingerprint density at radius 2 is 2.15 bits per heavy atom. The monoisotopic (exact) mass is 291 g/mol. The number of aromatic nitrogens is 2. The van der Waals surface area contributed by atoms with Gasteiger partial charge in [0.1, 0.15) is 0 Å². The summed E-state index contributed by atoms with van der Waals surface area (Å²) in [5, 5.41) is 8.26. The van der Waals surface area contributed by atoms with E-state index in [9.17, 15) is 0 Å². The van der Waals surface area contributed by atoms with Gasteiger partial charge in [0.05, 0.1) is 0 Å². The van der Waals surface area contributed by atoms with Crippen LogP contribution in [-0.4, -0.2) is 22.7 Å². The largest absolute Gasteiger partial charge is 0.339 e. The summed E-state index contributed by atoms with van der Waals surface area (Å²) in [4.78, 5) is 4.45. The van der Waals surface area contributed by atoms with Crippen molar-refractivity contribution < 1.29 is 4.52 Å². The topological polar surface area (TPSA) is 51.0 Å². The first-order chi connectivity index (χ1) is 9.79. The highest BCUT2D eigenvalue weighted by Gasteiger charge is 2.15. The van der Waals surface area contributed by atoms with Gasteiger partial charge in [0.25, 0.3) is 0 Å². The van der Waals surface area contributed by atoms with Crippen LogP contribution in [0.4, 0.5) is 0 Å². The van der Waals surface area contributed by atoms with E-state index in [2.05, 4.69) is 15.5 Å². The fourth-order valence-corrected chi connectivity index (χ4v) is 2.68. The lowest BCUT2D eigenvalue weighted by Gasteiger charge is -2.06. The molecule has 2 heterocycles. The minimum atomic E-state index is 0.613. The Labute approximate surface area is 123 Å². The van der Waals surface area contributed by atoms with Gasteiger partial charge in [-0.05, 0) is 43.5 Å². The maximum atomic E-state index is 5.87. The minimum Gasteiger partial charge on any atom is -0.339 e. The fourth-order valence-electron chi connectivity index (χ4n) is 2.55. The zero-order chi connectivity index (χ0) is 13.8. The molecular weight excluding hydrogens is 274 g/mol. The minimum absolute atomic E-state index is 0.613. The fraction of sp³-hybridized carbons (Fsp3) is 0.467. The van der Waals surface area contributed by atoms with E-state index in [-0.39, 0.29) is 0 Å². The van der Waals surface area contributed by atoms with Crippen molar-refractivity contribution in [3.63, 3.8) is 0 Å². The Balaban J connectivity index is 1.54. The molecular formula is C15H18ClN3O. The van der Waals surface area contributed by atoms with E-state index in [1.165, 1.54) is 12.8 Å². The molecule has 20 heavy (non-hydrogen) atoms. The summed E-state index contributed by atoms with van der Waals surface area (Å²) in [6, 6.07) is 8.34. The Hall–Kier alpha value is -1.39. The zero-order valence-electron chi connectivity index (χ0n) is 11.3. The Bertz CT molecular complexity index is 547. The number of nitrogens with one attached hydrogen (secondary N) is 1. The maximum Gasteiger partial charge on any atom is 0.226 e. The van der Waals surface area contributed by atoms with Crippen molar-refractivity contribution in [3.05, 3.63) is 46.6 Å². The van der Waals surface area contributed by atoms with Crippen LogP contribution < -0.4 is 5.32 Å². The van der Waals surface area contributed by atoms with E-state index < -0.39 is 0 Å². The van der Waals surface area contributed by atoms with Gasteiger partial charge in [-0.15, -0.1) is 0 Å². The Morgan fingerprint density at radius 3 is 2.90 bits per heavy atom. The van der Waals surface area contributed by atoms with Crippen LogP contribution in [0.2, 0.25) is 5.02 Å². The van der Waals surface area contributed by atoms with Gasteiger partial charge < -0.3 is 9.84 Å². The highest BCUT2D eigenvalue weighted by atomic mass is 35.5. The molecule has 0 bridgehead atoms. The number of aryl methyl sites for hydroxylation is 1. The molecule has 3 rings (SSSR count). The van der Waals surface area contributed by atoms with Gasteiger partial charge in [-0.1, -0.05) is 28.9 Å². The lowest BCUT2D eigenvalue weighted by molar-refractivity contribution is 0.364. The zero-order valence-corrected chi connectivity index (χ0v) is 12.1. The third-order valence-electron chi connectivity index (χ3n) is 3.65. The molecule has 0 amide bonds. The molecule has 1 aromatic carbocycles. The van der Waals surface area contributed by atoms with Crippen molar-refractivity contribution in [3.8, 4) is 0 Å². The van der Waals surface area contributed by atoms with Crippen LogP contribution >= 0.6 is 11.6 Å². The van der Waals surface area contributed by atoms with Crippen molar-refractivity contribution in [1.29, 1.82) is 0 Å². The number of nitrogens with zero attached hydrogens (tertiary/aromatic N) is 2. The maximum absolute atomic E-state index is 5.87. The first-order valence-corrected chi connectivity index (χ1v) is 7.47. The predicted molar refractivity (Wildman–Crippen MR) is 77.9 cm³/mol. The lowest BCUT2D eigenvalue weighted by atomic mass is 10.1. The quantitative estimate of drug-likeness (QED) is 0.920. The molecule has 1 saturated heterocycles. The van der Waals surface area contributed by atoms with E-state index in [4.69, 9.17) is 16.1 Å². The molecule has 0 radical (unpaired) electrons. The normalized spacial score (nSPS) is 18.6. The first kappa shape index (κ1) is 13.6. The second-order valence-electron chi connectivity index (χ2n) is 5.24. The van der Waals surface area contributed by atoms with Crippen molar-refractivity contribution in [2.24, 2.45) is 0 Å². The summed E-state index contributed by atoms with van der Waals surface area (Å²) in [5.41, 5.74) is 1.14. The van der Waals surface area contributed by atoms with Crippen molar-refractivity contribution in [1.82, 2.24) is 15.5 Å². The molecule has 1 aliphatic heterocycles. The van der Waals surface area contributed by atoms with Crippen LogP contribution in [0.5, 0.6) is 0 Å². The summed E-state index contributed by atoms with van der Waals surface area (Å²) in [7, 11) is 0. The van der Waals surface area contributed by atoms with Crippen LogP contribution in [0.15, 0.2) is 28.8 Å². The van der Waals surface area contributed by atoms with Crippen molar-refractivity contribution in [2.45, 2.75) is 38.1 Å². The summed E-state index contributed by atoms with van der Waals surface area (Å²) in [5.74, 6) is 1.48. The summed E-state index contributed by atoms with van der Waals surface area (Å²) in [6.07, 6.45) is 5.14. The molecule has 0 aliphatic carbocycles. The lowest BCUT2D eigenvalue weighted by Crippen LogP contribution is -2.21. The second kappa shape index (κ2) is 6.37. The molecule has 106 valence electrons.